The highest BCUT2D eigenvalue weighted by atomic mass is 19.2. The van der Waals surface area contributed by atoms with Crippen LogP contribution in [-0.4, -0.2) is 29.5 Å². The number of nitrogens with zero attached hydrogens (tertiary/aromatic N) is 2. The predicted octanol–water partition coefficient (Wildman–Crippen LogP) is 3.67. The fourth-order valence-corrected chi connectivity index (χ4v) is 2.51. The number of carbonyl (C=O) groups excluding carboxylic acids is 1. The lowest BCUT2D eigenvalue weighted by atomic mass is 10.1. The molecule has 0 aliphatic rings. The third-order valence-electron chi connectivity index (χ3n) is 3.93. The molecule has 2 N–H and O–H groups in total. The van der Waals surface area contributed by atoms with Crippen molar-refractivity contribution in [3.8, 4) is 5.75 Å². The number of nitrogens with one attached hydrogen (secondary N) is 2. The molecule has 0 spiro atoms. The Kier molecular flexibility index (Phi) is 6.11. The highest BCUT2D eigenvalue weighted by Crippen LogP contribution is 2.15. The van der Waals surface area contributed by atoms with Crippen molar-refractivity contribution in [1.29, 1.82) is 0 Å². The monoisotopic (exact) mass is 384 g/mol. The average Bonchev–Trinajstić information content (AvgIpc) is 2.71. The van der Waals surface area contributed by atoms with E-state index in [1.807, 2.05) is 24.3 Å². The van der Waals surface area contributed by atoms with Gasteiger partial charge in [-0.3, -0.25) is 4.79 Å². The maximum absolute atomic E-state index is 13.3. The van der Waals surface area contributed by atoms with Gasteiger partial charge in [-0.15, -0.1) is 0 Å². The molecule has 1 heterocycles. The Balaban J connectivity index is 1.59. The van der Waals surface area contributed by atoms with Gasteiger partial charge in [-0.25, -0.2) is 18.7 Å². The van der Waals surface area contributed by atoms with Crippen molar-refractivity contribution in [3.05, 3.63) is 77.8 Å². The van der Waals surface area contributed by atoms with Crippen molar-refractivity contribution in [3.63, 3.8) is 0 Å². The molecule has 3 rings (SSSR count). The lowest BCUT2D eigenvalue weighted by molar-refractivity contribution is 0.102. The van der Waals surface area contributed by atoms with E-state index in [1.54, 1.807) is 7.11 Å². The summed E-state index contributed by atoms with van der Waals surface area (Å²) in [5.74, 6) is -1.31. The third-order valence-corrected chi connectivity index (χ3v) is 3.93. The fourth-order valence-electron chi connectivity index (χ4n) is 2.51. The van der Waals surface area contributed by atoms with Crippen LogP contribution in [0.3, 0.4) is 0 Å². The second kappa shape index (κ2) is 8.90. The molecule has 0 aliphatic carbocycles. The number of ether oxygens (including phenoxy) is 1. The van der Waals surface area contributed by atoms with E-state index in [0.29, 0.717) is 12.4 Å². The summed E-state index contributed by atoms with van der Waals surface area (Å²) in [6.45, 7) is 0.592. The van der Waals surface area contributed by atoms with Crippen molar-refractivity contribution in [2.45, 2.75) is 6.42 Å². The second-order valence-electron chi connectivity index (χ2n) is 5.90. The van der Waals surface area contributed by atoms with E-state index in [-0.39, 0.29) is 11.4 Å². The van der Waals surface area contributed by atoms with E-state index in [9.17, 15) is 13.6 Å². The van der Waals surface area contributed by atoms with Crippen LogP contribution < -0.4 is 15.4 Å². The molecule has 0 aliphatic heterocycles. The normalized spacial score (nSPS) is 10.4. The van der Waals surface area contributed by atoms with Crippen LogP contribution in [0.25, 0.3) is 0 Å². The molecule has 0 saturated heterocycles. The topological polar surface area (TPSA) is 76.1 Å². The van der Waals surface area contributed by atoms with Crippen molar-refractivity contribution in [1.82, 2.24) is 9.97 Å². The quantitative estimate of drug-likeness (QED) is 0.650. The molecule has 0 bridgehead atoms. The lowest BCUT2D eigenvalue weighted by Gasteiger charge is -2.09. The first-order chi connectivity index (χ1) is 13.5. The minimum Gasteiger partial charge on any atom is -0.497 e. The van der Waals surface area contributed by atoms with Gasteiger partial charge in [0, 0.05) is 24.4 Å². The Morgan fingerprint density at radius 2 is 1.93 bits per heavy atom. The summed E-state index contributed by atoms with van der Waals surface area (Å²) in [4.78, 5) is 20.3. The van der Waals surface area contributed by atoms with Gasteiger partial charge in [0.15, 0.2) is 11.6 Å². The van der Waals surface area contributed by atoms with E-state index >= 15 is 0 Å². The van der Waals surface area contributed by atoms with Gasteiger partial charge >= 0.3 is 0 Å². The van der Waals surface area contributed by atoms with Crippen LogP contribution in [0, 0.1) is 11.6 Å². The molecule has 0 saturated carbocycles. The molecule has 2 aromatic carbocycles. The van der Waals surface area contributed by atoms with Crippen LogP contribution in [-0.2, 0) is 6.42 Å². The smallest absolute Gasteiger partial charge is 0.274 e. The maximum Gasteiger partial charge on any atom is 0.274 e. The zero-order valence-electron chi connectivity index (χ0n) is 15.1. The van der Waals surface area contributed by atoms with Gasteiger partial charge in [0.2, 0.25) is 0 Å². The van der Waals surface area contributed by atoms with E-state index in [2.05, 4.69) is 20.6 Å². The van der Waals surface area contributed by atoms with Gasteiger partial charge in [0.05, 0.1) is 7.11 Å². The molecule has 6 nitrogen and oxygen atoms in total. The summed E-state index contributed by atoms with van der Waals surface area (Å²) in [7, 11) is 1.62. The van der Waals surface area contributed by atoms with Crippen molar-refractivity contribution >= 4 is 17.4 Å². The Morgan fingerprint density at radius 1 is 1.07 bits per heavy atom. The highest BCUT2D eigenvalue weighted by molar-refractivity contribution is 6.03. The molecule has 0 atom stereocenters. The number of aromatic nitrogens is 2. The molecule has 8 heteroatoms. The molecular formula is C20H18F2N4O2. The number of hydrogen-bond acceptors (Lipinski definition) is 5. The van der Waals surface area contributed by atoms with Crippen LogP contribution in [0.15, 0.2) is 54.9 Å². The Morgan fingerprint density at radius 3 is 2.71 bits per heavy atom. The minimum absolute atomic E-state index is 0.101. The van der Waals surface area contributed by atoms with Gasteiger partial charge in [0.1, 0.15) is 23.6 Å². The summed E-state index contributed by atoms with van der Waals surface area (Å²) in [6, 6.07) is 12.3. The van der Waals surface area contributed by atoms with Crippen LogP contribution in [0.4, 0.5) is 20.3 Å². The first-order valence-electron chi connectivity index (χ1n) is 8.50. The summed E-state index contributed by atoms with van der Waals surface area (Å²) >= 11 is 0. The molecule has 0 fully saturated rings. The molecule has 3 aromatic rings. The van der Waals surface area contributed by atoms with E-state index in [4.69, 9.17) is 4.74 Å². The molecular weight excluding hydrogens is 366 g/mol. The van der Waals surface area contributed by atoms with Crippen LogP contribution in [0.1, 0.15) is 16.1 Å². The van der Waals surface area contributed by atoms with Crippen LogP contribution >= 0.6 is 0 Å². The lowest BCUT2D eigenvalue weighted by Crippen LogP contribution is -2.15. The van der Waals surface area contributed by atoms with E-state index < -0.39 is 17.5 Å². The third kappa shape index (κ3) is 5.00. The minimum atomic E-state index is -1.04. The molecule has 28 heavy (non-hydrogen) atoms. The first-order valence-corrected chi connectivity index (χ1v) is 8.50. The Labute approximate surface area is 160 Å². The molecule has 0 unspecified atom stereocenters. The number of halogens is 2. The summed E-state index contributed by atoms with van der Waals surface area (Å²) in [6.07, 6.45) is 1.99. The first kappa shape index (κ1) is 19.2. The summed E-state index contributed by atoms with van der Waals surface area (Å²) in [5.41, 5.74) is 1.33. The highest BCUT2D eigenvalue weighted by Gasteiger charge is 2.11. The SMILES string of the molecule is COc1cccc(CCNc2cc(C(=O)Nc3ccc(F)c(F)c3)ncn2)c1. The molecule has 1 aromatic heterocycles. The van der Waals surface area contributed by atoms with Gasteiger partial charge in [-0.1, -0.05) is 12.1 Å². The number of methoxy groups -OCH3 is 1. The standard InChI is InChI=1S/C20H18F2N4O2/c1-28-15-4-2-3-13(9-15)7-8-23-19-11-18(24-12-25-19)20(27)26-14-5-6-16(21)17(22)10-14/h2-6,9-12H,7-8H2,1H3,(H,26,27)(H,23,24,25). The zero-order valence-corrected chi connectivity index (χ0v) is 15.1. The fraction of sp³-hybridized carbons (Fsp3) is 0.150. The van der Waals surface area contributed by atoms with Crippen LogP contribution in [0.5, 0.6) is 5.75 Å². The predicted molar refractivity (Wildman–Crippen MR) is 102 cm³/mol. The maximum atomic E-state index is 13.3. The Hall–Kier alpha value is -3.55. The Bertz CT molecular complexity index is 982. The van der Waals surface area contributed by atoms with Gasteiger partial charge in [0.25, 0.3) is 5.91 Å². The number of amides is 1. The number of hydrogen-bond donors (Lipinski definition) is 2. The van der Waals surface area contributed by atoms with Gasteiger partial charge in [-0.05, 0) is 36.2 Å². The summed E-state index contributed by atoms with van der Waals surface area (Å²) in [5, 5.41) is 5.60. The zero-order chi connectivity index (χ0) is 19.9. The number of carbonyl (C=O) groups is 1. The van der Waals surface area contributed by atoms with Crippen molar-refractivity contribution < 1.29 is 18.3 Å². The van der Waals surface area contributed by atoms with Crippen molar-refractivity contribution in [2.75, 3.05) is 24.3 Å². The number of benzene rings is 2. The van der Waals surface area contributed by atoms with Gasteiger partial charge < -0.3 is 15.4 Å². The summed E-state index contributed by atoms with van der Waals surface area (Å²) < 4.78 is 31.4. The second-order valence-corrected chi connectivity index (χ2v) is 5.90. The van der Waals surface area contributed by atoms with Crippen LogP contribution in [0.2, 0.25) is 0 Å². The van der Waals surface area contributed by atoms with Gasteiger partial charge in [-0.2, -0.15) is 0 Å². The molecule has 1 amide bonds. The number of rotatable bonds is 7. The van der Waals surface area contributed by atoms with E-state index in [1.165, 1.54) is 18.5 Å². The molecule has 144 valence electrons. The van der Waals surface area contributed by atoms with E-state index in [0.717, 1.165) is 29.9 Å². The average molecular weight is 384 g/mol. The molecule has 0 radical (unpaired) electrons. The largest absolute Gasteiger partial charge is 0.497 e. The number of anilines is 2. The van der Waals surface area contributed by atoms with Crippen molar-refractivity contribution in [2.24, 2.45) is 0 Å².